The maximum absolute atomic E-state index is 12.3. The second-order valence-corrected chi connectivity index (χ2v) is 5.66. The molecule has 0 aromatic heterocycles. The fourth-order valence-electron chi connectivity index (χ4n) is 2.19. The molecule has 0 fully saturated rings. The predicted octanol–water partition coefficient (Wildman–Crippen LogP) is 4.16. The van der Waals surface area contributed by atoms with Gasteiger partial charge in [0.05, 0.1) is 0 Å². The first-order valence-electron chi connectivity index (χ1n) is 8.69. The van der Waals surface area contributed by atoms with Crippen molar-refractivity contribution in [3.05, 3.63) is 95.7 Å². The lowest BCUT2D eigenvalue weighted by atomic mass is 10.1. The van der Waals surface area contributed by atoms with Gasteiger partial charge in [-0.15, -0.1) is 0 Å². The van der Waals surface area contributed by atoms with E-state index in [-0.39, 0.29) is 18.9 Å². The van der Waals surface area contributed by atoms with Gasteiger partial charge in [0.15, 0.2) is 0 Å². The molecule has 0 saturated heterocycles. The summed E-state index contributed by atoms with van der Waals surface area (Å²) in [4.78, 5) is 24.3. The van der Waals surface area contributed by atoms with E-state index in [2.05, 4.69) is 5.32 Å². The number of hydrogen-bond donors (Lipinski definition) is 1. The number of ether oxygens (including phenoxy) is 2. The van der Waals surface area contributed by atoms with Crippen molar-refractivity contribution in [3.63, 3.8) is 0 Å². The third kappa shape index (κ3) is 7.61. The van der Waals surface area contributed by atoms with Crippen LogP contribution in [0.3, 0.4) is 0 Å². The highest BCUT2D eigenvalue weighted by atomic mass is 16.6. The molecule has 5 heteroatoms. The van der Waals surface area contributed by atoms with Crippen LogP contribution in [0.5, 0.6) is 0 Å². The zero-order valence-electron chi connectivity index (χ0n) is 15.3. The maximum atomic E-state index is 12.3. The summed E-state index contributed by atoms with van der Waals surface area (Å²) in [5, 5.41) is 2.49. The number of alkyl carbamates (subject to hydrolysis) is 1. The van der Waals surface area contributed by atoms with E-state index < -0.39 is 12.1 Å². The molecule has 0 aliphatic rings. The molecule has 27 heavy (non-hydrogen) atoms. The number of allylic oxidation sites excluding steroid dienone is 2. The zero-order chi connectivity index (χ0) is 19.3. The Morgan fingerprint density at radius 3 is 2.19 bits per heavy atom. The summed E-state index contributed by atoms with van der Waals surface area (Å²) in [6.07, 6.45) is 4.88. The molecule has 0 radical (unpaired) electrons. The average Bonchev–Trinajstić information content (AvgIpc) is 2.71. The van der Waals surface area contributed by atoms with Crippen LogP contribution in [-0.4, -0.2) is 18.7 Å². The molecule has 0 spiro atoms. The molecule has 0 bridgehead atoms. The minimum absolute atomic E-state index is 0.0569. The van der Waals surface area contributed by atoms with E-state index in [1.165, 1.54) is 0 Å². The number of benzene rings is 2. The minimum atomic E-state index is -0.707. The molecule has 0 aliphatic heterocycles. The summed E-state index contributed by atoms with van der Waals surface area (Å²) in [5.41, 5.74) is 1.93. The van der Waals surface area contributed by atoms with Crippen molar-refractivity contribution >= 4 is 12.1 Å². The fourth-order valence-corrected chi connectivity index (χ4v) is 2.19. The monoisotopic (exact) mass is 365 g/mol. The van der Waals surface area contributed by atoms with Crippen LogP contribution in [0.1, 0.15) is 18.1 Å². The lowest BCUT2D eigenvalue weighted by molar-refractivity contribution is -0.138. The first kappa shape index (κ1) is 20.0. The van der Waals surface area contributed by atoms with Crippen LogP contribution < -0.4 is 5.32 Å². The van der Waals surface area contributed by atoms with Gasteiger partial charge in [-0.05, 0) is 30.5 Å². The normalized spacial score (nSPS) is 11.2. The number of hydrogen-bond acceptors (Lipinski definition) is 4. The Balaban J connectivity index is 1.99. The summed E-state index contributed by atoms with van der Waals surface area (Å²) < 4.78 is 10.3. The number of carbonyl (C=O) groups excluding carboxylic acids is 2. The Labute approximate surface area is 159 Å². The van der Waals surface area contributed by atoms with Crippen LogP contribution >= 0.6 is 0 Å². The van der Waals surface area contributed by atoms with E-state index in [1.54, 1.807) is 18.2 Å². The molecule has 2 rings (SSSR count). The molecule has 0 saturated carbocycles. The molecular formula is C22H23NO4. The maximum Gasteiger partial charge on any atom is 0.412 e. The van der Waals surface area contributed by atoms with Gasteiger partial charge in [0, 0.05) is 0 Å². The molecule has 0 unspecified atom stereocenters. The van der Waals surface area contributed by atoms with Gasteiger partial charge in [0.1, 0.15) is 18.9 Å². The largest absolute Gasteiger partial charge is 0.457 e. The van der Waals surface area contributed by atoms with Crippen LogP contribution in [0.2, 0.25) is 0 Å². The summed E-state index contributed by atoms with van der Waals surface area (Å²) in [6.45, 7) is 2.09. The van der Waals surface area contributed by atoms with Crippen molar-refractivity contribution in [2.24, 2.45) is 0 Å². The summed E-state index contributed by atoms with van der Waals surface area (Å²) in [5.74, 6) is -0.610. The number of esters is 1. The first-order valence-corrected chi connectivity index (χ1v) is 8.69. The SMILES string of the molecule is C/C=C/COC(=O)/C(=C/Cc1ccccc1)NC(=O)OCc1ccccc1. The van der Waals surface area contributed by atoms with E-state index in [1.807, 2.05) is 67.6 Å². The topological polar surface area (TPSA) is 64.6 Å². The van der Waals surface area contributed by atoms with Crippen LogP contribution in [0.15, 0.2) is 84.6 Å². The molecule has 2 aromatic carbocycles. The van der Waals surface area contributed by atoms with Crippen molar-refractivity contribution in [2.75, 3.05) is 6.61 Å². The second-order valence-electron chi connectivity index (χ2n) is 5.66. The average molecular weight is 365 g/mol. The molecule has 0 aliphatic carbocycles. The Morgan fingerprint density at radius 1 is 0.926 bits per heavy atom. The molecule has 5 nitrogen and oxygen atoms in total. The van der Waals surface area contributed by atoms with Gasteiger partial charge in [-0.25, -0.2) is 9.59 Å². The Hall–Kier alpha value is -3.34. The second kappa shape index (κ2) is 11.3. The molecule has 1 amide bonds. The van der Waals surface area contributed by atoms with Gasteiger partial charge in [-0.3, -0.25) is 5.32 Å². The summed E-state index contributed by atoms with van der Waals surface area (Å²) in [6, 6.07) is 18.9. The van der Waals surface area contributed by atoms with Gasteiger partial charge in [-0.2, -0.15) is 0 Å². The number of nitrogens with one attached hydrogen (secondary N) is 1. The smallest absolute Gasteiger partial charge is 0.412 e. The van der Waals surface area contributed by atoms with Gasteiger partial charge < -0.3 is 9.47 Å². The van der Waals surface area contributed by atoms with Crippen molar-refractivity contribution in [1.29, 1.82) is 0 Å². The Kier molecular flexibility index (Phi) is 8.37. The summed E-state index contributed by atoms with van der Waals surface area (Å²) in [7, 11) is 0. The number of amides is 1. The third-order valence-corrected chi connectivity index (χ3v) is 3.60. The van der Waals surface area contributed by atoms with Gasteiger partial charge >= 0.3 is 12.1 Å². The molecule has 140 valence electrons. The van der Waals surface area contributed by atoms with E-state index >= 15 is 0 Å². The van der Waals surface area contributed by atoms with E-state index in [0.717, 1.165) is 11.1 Å². The lowest BCUT2D eigenvalue weighted by Gasteiger charge is -2.10. The quantitative estimate of drug-likeness (QED) is 0.433. The van der Waals surface area contributed by atoms with E-state index in [0.29, 0.717) is 6.42 Å². The molecule has 1 N–H and O–H groups in total. The lowest BCUT2D eigenvalue weighted by Crippen LogP contribution is -2.29. The number of carbonyl (C=O) groups is 2. The van der Waals surface area contributed by atoms with Crippen molar-refractivity contribution in [3.8, 4) is 0 Å². The zero-order valence-corrected chi connectivity index (χ0v) is 15.3. The standard InChI is InChI=1S/C22H23NO4/c1-2-3-16-26-21(24)20(15-14-18-10-6-4-7-11-18)23-22(25)27-17-19-12-8-5-9-13-19/h2-13,15H,14,16-17H2,1H3,(H,23,25)/b3-2+,20-15-. The van der Waals surface area contributed by atoms with Crippen molar-refractivity contribution in [2.45, 2.75) is 20.0 Å². The summed E-state index contributed by atoms with van der Waals surface area (Å²) >= 11 is 0. The Bertz CT molecular complexity index is 782. The highest BCUT2D eigenvalue weighted by molar-refractivity contribution is 5.92. The highest BCUT2D eigenvalue weighted by Crippen LogP contribution is 2.05. The number of rotatable bonds is 8. The van der Waals surface area contributed by atoms with Crippen molar-refractivity contribution in [1.82, 2.24) is 5.32 Å². The van der Waals surface area contributed by atoms with Crippen LogP contribution in [-0.2, 0) is 27.3 Å². The fraction of sp³-hybridized carbons (Fsp3) is 0.182. The van der Waals surface area contributed by atoms with Crippen LogP contribution in [0.4, 0.5) is 4.79 Å². The predicted molar refractivity (Wildman–Crippen MR) is 104 cm³/mol. The van der Waals surface area contributed by atoms with Gasteiger partial charge in [0.2, 0.25) is 0 Å². The Morgan fingerprint density at radius 2 is 1.56 bits per heavy atom. The third-order valence-electron chi connectivity index (χ3n) is 3.60. The molecular weight excluding hydrogens is 342 g/mol. The first-order chi connectivity index (χ1) is 13.2. The molecule has 0 atom stereocenters. The molecule has 2 aromatic rings. The minimum Gasteiger partial charge on any atom is -0.457 e. The van der Waals surface area contributed by atoms with Gasteiger partial charge in [0.25, 0.3) is 0 Å². The van der Waals surface area contributed by atoms with E-state index in [9.17, 15) is 9.59 Å². The van der Waals surface area contributed by atoms with E-state index in [4.69, 9.17) is 9.47 Å². The van der Waals surface area contributed by atoms with Gasteiger partial charge in [-0.1, -0.05) is 72.8 Å². The van der Waals surface area contributed by atoms with Crippen molar-refractivity contribution < 1.29 is 19.1 Å². The highest BCUT2D eigenvalue weighted by Gasteiger charge is 2.15. The van der Waals surface area contributed by atoms with Crippen LogP contribution in [0.25, 0.3) is 0 Å². The van der Waals surface area contributed by atoms with Crippen LogP contribution in [0, 0.1) is 0 Å². The molecule has 0 heterocycles.